The van der Waals surface area contributed by atoms with Crippen LogP contribution < -0.4 is 0 Å². The Hall–Kier alpha value is -1.06. The fourth-order valence-corrected chi connectivity index (χ4v) is 7.57. The molecule has 3 unspecified atom stereocenters. The minimum absolute atomic E-state index is 0.0873. The normalized spacial score (nSPS) is 23.2. The van der Waals surface area contributed by atoms with Gasteiger partial charge in [-0.2, -0.15) is 0 Å². The van der Waals surface area contributed by atoms with Gasteiger partial charge in [0.25, 0.3) is 0 Å². The van der Waals surface area contributed by atoms with Crippen LogP contribution in [0.25, 0.3) is 0 Å². The first-order valence-corrected chi connectivity index (χ1v) is 17.4. The van der Waals surface area contributed by atoms with Gasteiger partial charge in [0.05, 0.1) is 10.8 Å². The molecule has 2 N–H and O–H groups in total. The zero-order valence-electron chi connectivity index (χ0n) is 26.4. The highest BCUT2D eigenvalue weighted by atomic mass is 16.4. The fraction of sp³-hybridized carbons (Fsp3) is 0.943. The first-order valence-electron chi connectivity index (χ1n) is 17.4. The number of hydrogen-bond acceptors (Lipinski definition) is 2. The summed E-state index contributed by atoms with van der Waals surface area (Å²) in [4.78, 5) is 25.9. The van der Waals surface area contributed by atoms with Crippen molar-refractivity contribution < 1.29 is 19.8 Å². The van der Waals surface area contributed by atoms with Crippen LogP contribution in [0.3, 0.4) is 0 Å². The SMILES string of the molecule is CCCCCCCCCCCCCC1(C(=O)O)CCCC(C)C1(CCCCCCCCCCCCC)C(=O)O. The summed E-state index contributed by atoms with van der Waals surface area (Å²) in [6, 6.07) is 0. The highest BCUT2D eigenvalue weighted by Crippen LogP contribution is 2.59. The third-order valence-electron chi connectivity index (χ3n) is 10.1. The Balaban J connectivity index is 2.55. The molecule has 0 spiro atoms. The average molecular weight is 551 g/mol. The van der Waals surface area contributed by atoms with Crippen molar-refractivity contribution in [1.29, 1.82) is 0 Å². The van der Waals surface area contributed by atoms with Crippen LogP contribution in [-0.2, 0) is 9.59 Å². The highest BCUT2D eigenvalue weighted by molar-refractivity contribution is 5.87. The van der Waals surface area contributed by atoms with E-state index in [0.29, 0.717) is 19.3 Å². The summed E-state index contributed by atoms with van der Waals surface area (Å²) < 4.78 is 0. The Morgan fingerprint density at radius 3 is 1.28 bits per heavy atom. The molecule has 1 rings (SSSR count). The summed E-state index contributed by atoms with van der Waals surface area (Å²) in [5.74, 6) is -1.80. The van der Waals surface area contributed by atoms with Gasteiger partial charge in [-0.25, -0.2) is 0 Å². The second-order valence-electron chi connectivity index (χ2n) is 13.0. The number of rotatable bonds is 26. The van der Waals surface area contributed by atoms with Gasteiger partial charge in [0.15, 0.2) is 0 Å². The maximum absolute atomic E-state index is 13.0. The maximum atomic E-state index is 13.0. The zero-order valence-corrected chi connectivity index (χ0v) is 26.4. The standard InChI is InChI=1S/C35H66O4/c1-4-6-8-10-12-14-16-18-20-22-24-28-34(32(36)37)29-26-27-31(3)35(34,33(38)39)30-25-23-21-19-17-15-13-11-9-7-5-2/h31H,4-30H2,1-3H3,(H,36,37)(H,38,39). The molecule has 0 saturated heterocycles. The lowest BCUT2D eigenvalue weighted by Gasteiger charge is -2.52. The molecule has 0 aliphatic heterocycles. The quantitative estimate of drug-likeness (QED) is 0.105. The first-order chi connectivity index (χ1) is 18.9. The average Bonchev–Trinajstić information content (AvgIpc) is 2.91. The molecule has 0 aromatic rings. The van der Waals surface area contributed by atoms with E-state index in [9.17, 15) is 19.8 Å². The Morgan fingerprint density at radius 1 is 0.564 bits per heavy atom. The summed E-state index contributed by atoms with van der Waals surface area (Å²) in [5, 5.41) is 21.2. The predicted molar refractivity (Wildman–Crippen MR) is 165 cm³/mol. The molecule has 0 bridgehead atoms. The molecular weight excluding hydrogens is 484 g/mol. The van der Waals surface area contributed by atoms with Gasteiger partial charge in [0.1, 0.15) is 0 Å². The van der Waals surface area contributed by atoms with E-state index in [1.807, 2.05) is 6.92 Å². The minimum atomic E-state index is -1.13. The van der Waals surface area contributed by atoms with Gasteiger partial charge in [0.2, 0.25) is 0 Å². The summed E-state index contributed by atoms with van der Waals surface area (Å²) in [7, 11) is 0. The van der Waals surface area contributed by atoms with Crippen LogP contribution >= 0.6 is 0 Å². The van der Waals surface area contributed by atoms with Gasteiger partial charge in [-0.3, -0.25) is 9.59 Å². The Bertz CT molecular complexity index is 632. The van der Waals surface area contributed by atoms with Crippen LogP contribution in [0.5, 0.6) is 0 Å². The van der Waals surface area contributed by atoms with Crippen molar-refractivity contribution >= 4 is 11.9 Å². The fourth-order valence-electron chi connectivity index (χ4n) is 7.57. The third-order valence-corrected chi connectivity index (χ3v) is 10.1. The van der Waals surface area contributed by atoms with Crippen LogP contribution in [-0.4, -0.2) is 22.2 Å². The lowest BCUT2D eigenvalue weighted by Crippen LogP contribution is -2.58. The molecule has 4 nitrogen and oxygen atoms in total. The molecule has 0 amide bonds. The second-order valence-corrected chi connectivity index (χ2v) is 13.0. The number of hydrogen-bond donors (Lipinski definition) is 2. The summed E-state index contributed by atoms with van der Waals surface area (Å²) in [5.41, 5.74) is -2.25. The van der Waals surface area contributed by atoms with Gasteiger partial charge in [-0.05, 0) is 31.6 Å². The van der Waals surface area contributed by atoms with Crippen molar-refractivity contribution in [2.75, 3.05) is 0 Å². The zero-order chi connectivity index (χ0) is 28.8. The second kappa shape index (κ2) is 21.7. The van der Waals surface area contributed by atoms with Crippen molar-refractivity contribution in [3.8, 4) is 0 Å². The van der Waals surface area contributed by atoms with Crippen molar-refractivity contribution in [1.82, 2.24) is 0 Å². The number of carboxylic acid groups (broad SMARTS) is 2. The van der Waals surface area contributed by atoms with Crippen molar-refractivity contribution in [2.45, 2.75) is 194 Å². The molecule has 39 heavy (non-hydrogen) atoms. The Labute approximate surface area is 242 Å². The molecule has 0 radical (unpaired) electrons. The third kappa shape index (κ3) is 12.1. The molecule has 230 valence electrons. The molecule has 0 aromatic carbocycles. The van der Waals surface area contributed by atoms with Gasteiger partial charge in [-0.1, -0.05) is 168 Å². The van der Waals surface area contributed by atoms with E-state index in [4.69, 9.17) is 0 Å². The smallest absolute Gasteiger partial charge is 0.311 e. The molecule has 0 aromatic heterocycles. The Morgan fingerprint density at radius 2 is 0.923 bits per heavy atom. The number of unbranched alkanes of at least 4 members (excludes halogenated alkanes) is 20. The molecule has 4 heteroatoms. The summed E-state index contributed by atoms with van der Waals surface area (Å²) in [6.07, 6.45) is 30.2. The van der Waals surface area contributed by atoms with Crippen LogP contribution in [0.4, 0.5) is 0 Å². The van der Waals surface area contributed by atoms with Crippen LogP contribution in [0.2, 0.25) is 0 Å². The molecule has 1 aliphatic carbocycles. The first kappa shape index (κ1) is 36.0. The van der Waals surface area contributed by atoms with Gasteiger partial charge in [0, 0.05) is 0 Å². The largest absolute Gasteiger partial charge is 0.481 e. The molecule has 3 atom stereocenters. The maximum Gasteiger partial charge on any atom is 0.311 e. The molecule has 1 saturated carbocycles. The van der Waals surface area contributed by atoms with Gasteiger partial charge >= 0.3 is 11.9 Å². The van der Waals surface area contributed by atoms with Gasteiger partial charge < -0.3 is 10.2 Å². The van der Waals surface area contributed by atoms with E-state index in [2.05, 4.69) is 13.8 Å². The van der Waals surface area contributed by atoms with E-state index in [-0.39, 0.29) is 5.92 Å². The van der Waals surface area contributed by atoms with Crippen molar-refractivity contribution in [2.24, 2.45) is 16.7 Å². The van der Waals surface area contributed by atoms with Crippen LogP contribution in [0.1, 0.15) is 194 Å². The lowest BCUT2D eigenvalue weighted by molar-refractivity contribution is -0.189. The molecular formula is C35H66O4. The summed E-state index contributed by atoms with van der Waals surface area (Å²) in [6.45, 7) is 6.52. The molecule has 1 aliphatic rings. The summed E-state index contributed by atoms with van der Waals surface area (Å²) >= 11 is 0. The monoisotopic (exact) mass is 550 g/mol. The van der Waals surface area contributed by atoms with Crippen LogP contribution in [0.15, 0.2) is 0 Å². The van der Waals surface area contributed by atoms with E-state index in [0.717, 1.165) is 51.4 Å². The van der Waals surface area contributed by atoms with E-state index >= 15 is 0 Å². The minimum Gasteiger partial charge on any atom is -0.481 e. The number of carbonyl (C=O) groups is 2. The van der Waals surface area contributed by atoms with E-state index in [1.165, 1.54) is 103 Å². The predicted octanol–water partition coefficient (Wildman–Crippen LogP) is 11.4. The number of aliphatic carboxylic acids is 2. The highest BCUT2D eigenvalue weighted by Gasteiger charge is 2.64. The van der Waals surface area contributed by atoms with E-state index in [1.54, 1.807) is 0 Å². The topological polar surface area (TPSA) is 74.6 Å². The molecule has 1 fully saturated rings. The lowest BCUT2D eigenvalue weighted by atomic mass is 9.48. The number of carboxylic acids is 2. The van der Waals surface area contributed by atoms with Crippen molar-refractivity contribution in [3.63, 3.8) is 0 Å². The van der Waals surface area contributed by atoms with Crippen LogP contribution in [0, 0.1) is 16.7 Å². The molecule has 0 heterocycles. The van der Waals surface area contributed by atoms with Crippen molar-refractivity contribution in [3.05, 3.63) is 0 Å². The van der Waals surface area contributed by atoms with Gasteiger partial charge in [-0.15, -0.1) is 0 Å². The Kier molecular flexibility index (Phi) is 20.0. The van der Waals surface area contributed by atoms with E-state index < -0.39 is 22.8 Å².